The van der Waals surface area contributed by atoms with Crippen molar-refractivity contribution in [1.29, 1.82) is 5.26 Å². The summed E-state index contributed by atoms with van der Waals surface area (Å²) in [6, 6.07) is 20.9. The minimum absolute atomic E-state index is 0.0831. The van der Waals surface area contributed by atoms with E-state index in [2.05, 4.69) is 10.2 Å². The van der Waals surface area contributed by atoms with Gasteiger partial charge in [0.1, 0.15) is 11.6 Å². The number of nitrogens with zero attached hydrogens (tertiary/aromatic N) is 4. The number of hydrogen-bond donors (Lipinski definition) is 1. The molecule has 0 amide bonds. The Kier molecular flexibility index (Phi) is 7.19. The third kappa shape index (κ3) is 5.38. The molecule has 3 aromatic rings. The van der Waals surface area contributed by atoms with E-state index in [0.29, 0.717) is 11.0 Å². The number of benzene rings is 2. The van der Waals surface area contributed by atoms with Crippen molar-refractivity contribution in [2.45, 2.75) is 12.1 Å². The molecule has 0 fully saturated rings. The van der Waals surface area contributed by atoms with Crippen LogP contribution in [0.2, 0.25) is 0 Å². The lowest BCUT2D eigenvalue weighted by molar-refractivity contribution is -0.144. The summed E-state index contributed by atoms with van der Waals surface area (Å²) in [5, 5.41) is 18.0. The molecule has 0 aliphatic carbocycles. The second-order valence-corrected chi connectivity index (χ2v) is 7.33. The van der Waals surface area contributed by atoms with Crippen molar-refractivity contribution in [3.05, 3.63) is 71.9 Å². The van der Waals surface area contributed by atoms with Gasteiger partial charge in [-0.1, -0.05) is 60.3 Å². The number of nitriles is 1. The van der Waals surface area contributed by atoms with E-state index in [-0.39, 0.29) is 17.0 Å². The van der Waals surface area contributed by atoms with E-state index >= 15 is 0 Å². The molecule has 8 nitrogen and oxygen atoms in total. The number of hydrogen-bond acceptors (Lipinski definition) is 8. The number of aromatic nitrogens is 3. The molecule has 1 heterocycles. The average molecular weight is 433 g/mol. The van der Waals surface area contributed by atoms with Crippen LogP contribution >= 0.6 is 11.8 Å². The molecular weight excluding hydrogens is 414 g/mol. The lowest BCUT2D eigenvalue weighted by Gasteiger charge is -2.10. The van der Waals surface area contributed by atoms with E-state index < -0.39 is 18.4 Å². The molecule has 9 heteroatoms. The van der Waals surface area contributed by atoms with E-state index in [1.165, 1.54) is 6.92 Å². The molecule has 31 heavy (non-hydrogen) atoms. The van der Waals surface area contributed by atoms with Gasteiger partial charge in [-0.15, -0.1) is 10.2 Å². The predicted molar refractivity (Wildman–Crippen MR) is 116 cm³/mol. The topological polar surface area (TPSA) is 124 Å². The monoisotopic (exact) mass is 433 g/mol. The van der Waals surface area contributed by atoms with Crippen LogP contribution in [0, 0.1) is 11.3 Å². The van der Waals surface area contributed by atoms with Crippen molar-refractivity contribution >= 4 is 23.5 Å². The van der Waals surface area contributed by atoms with Gasteiger partial charge >= 0.3 is 5.97 Å². The Morgan fingerprint density at radius 3 is 2.35 bits per heavy atom. The highest BCUT2D eigenvalue weighted by Crippen LogP contribution is 2.27. The normalized spacial score (nSPS) is 11.4. The van der Waals surface area contributed by atoms with Crippen LogP contribution in [0.3, 0.4) is 0 Å². The number of Topliss-reactive ketones (excluding diaryl/α,β-unsaturated/α-hetero) is 1. The Hall–Kier alpha value is -3.90. The standard InChI is InChI=1S/C22H19N5O3S/c1-15(24)18(12-23)19(28)13-30-20(29)14-31-22-26-25-21(16-8-4-2-5-9-16)27(22)17-10-6-3-7-11-17/h2-11H,13-14,24H2,1H3. The van der Waals surface area contributed by atoms with Crippen molar-refractivity contribution in [2.75, 3.05) is 12.4 Å². The molecule has 0 spiro atoms. The van der Waals surface area contributed by atoms with Gasteiger partial charge in [-0.3, -0.25) is 14.2 Å². The maximum absolute atomic E-state index is 12.1. The lowest BCUT2D eigenvalue weighted by atomic mass is 10.1. The van der Waals surface area contributed by atoms with Gasteiger partial charge < -0.3 is 10.5 Å². The molecular formula is C22H19N5O3S. The fourth-order valence-corrected chi connectivity index (χ4v) is 3.45. The zero-order valence-corrected chi connectivity index (χ0v) is 17.5. The Labute approximate surface area is 183 Å². The van der Waals surface area contributed by atoms with E-state index in [1.807, 2.05) is 65.2 Å². The van der Waals surface area contributed by atoms with Crippen LogP contribution in [0.4, 0.5) is 0 Å². The quantitative estimate of drug-likeness (QED) is 0.249. The number of rotatable bonds is 8. The zero-order chi connectivity index (χ0) is 22.2. The number of esters is 1. The maximum atomic E-state index is 12.1. The predicted octanol–water partition coefficient (Wildman–Crippen LogP) is 2.89. The first-order valence-electron chi connectivity index (χ1n) is 9.25. The minimum atomic E-state index is -0.639. The molecule has 0 bridgehead atoms. The van der Waals surface area contributed by atoms with Crippen LogP contribution in [0.15, 0.2) is 77.1 Å². The van der Waals surface area contributed by atoms with E-state index in [0.717, 1.165) is 23.0 Å². The minimum Gasteiger partial charge on any atom is -0.457 e. The molecule has 0 aliphatic rings. The van der Waals surface area contributed by atoms with Gasteiger partial charge in [-0.25, -0.2) is 0 Å². The summed E-state index contributed by atoms with van der Waals surface area (Å²) in [5.41, 5.74) is 7.09. The van der Waals surface area contributed by atoms with Gasteiger partial charge in [-0.2, -0.15) is 5.26 Å². The maximum Gasteiger partial charge on any atom is 0.316 e. The summed E-state index contributed by atoms with van der Waals surface area (Å²) in [5.74, 6) is -0.700. The lowest BCUT2D eigenvalue weighted by Crippen LogP contribution is -2.18. The summed E-state index contributed by atoms with van der Waals surface area (Å²) in [6.07, 6.45) is 0. The van der Waals surface area contributed by atoms with Crippen molar-refractivity contribution in [2.24, 2.45) is 5.73 Å². The van der Waals surface area contributed by atoms with Crippen LogP contribution in [0.25, 0.3) is 17.1 Å². The van der Waals surface area contributed by atoms with Crippen LogP contribution < -0.4 is 5.73 Å². The summed E-state index contributed by atoms with van der Waals surface area (Å²) >= 11 is 1.14. The Morgan fingerprint density at radius 1 is 1.10 bits per heavy atom. The number of thioether (sulfide) groups is 1. The molecule has 0 saturated heterocycles. The first kappa shape index (κ1) is 21.8. The Balaban J connectivity index is 1.74. The third-order valence-corrected chi connectivity index (χ3v) is 5.05. The third-order valence-electron chi connectivity index (χ3n) is 4.15. The van der Waals surface area contributed by atoms with E-state index in [9.17, 15) is 9.59 Å². The number of ether oxygens (including phenoxy) is 1. The summed E-state index contributed by atoms with van der Waals surface area (Å²) in [4.78, 5) is 24.1. The van der Waals surface area contributed by atoms with Crippen LogP contribution in [0.1, 0.15) is 6.92 Å². The van der Waals surface area contributed by atoms with Gasteiger partial charge in [0.2, 0.25) is 5.78 Å². The zero-order valence-electron chi connectivity index (χ0n) is 16.7. The van der Waals surface area contributed by atoms with Gasteiger partial charge in [0, 0.05) is 16.9 Å². The van der Waals surface area contributed by atoms with Crippen LogP contribution in [0.5, 0.6) is 0 Å². The van der Waals surface area contributed by atoms with Crippen LogP contribution in [-0.4, -0.2) is 38.9 Å². The SMILES string of the molecule is CC(N)=C(C#N)C(=O)COC(=O)CSc1nnc(-c2ccccc2)n1-c1ccccc1. The average Bonchev–Trinajstić information content (AvgIpc) is 3.21. The number of carbonyl (C=O) groups is 2. The summed E-state index contributed by atoms with van der Waals surface area (Å²) < 4.78 is 6.84. The molecule has 0 radical (unpaired) electrons. The number of para-hydroxylation sites is 1. The highest BCUT2D eigenvalue weighted by atomic mass is 32.2. The summed E-state index contributed by atoms with van der Waals surface area (Å²) in [6.45, 7) is 0.895. The first-order valence-corrected chi connectivity index (χ1v) is 10.2. The number of carbonyl (C=O) groups excluding carboxylic acids is 2. The molecule has 2 aromatic carbocycles. The molecule has 2 N–H and O–H groups in total. The Morgan fingerprint density at radius 2 is 1.74 bits per heavy atom. The fourth-order valence-electron chi connectivity index (χ4n) is 2.70. The van der Waals surface area contributed by atoms with Gasteiger partial charge in [0.05, 0.1) is 5.75 Å². The van der Waals surface area contributed by atoms with Crippen molar-refractivity contribution in [3.63, 3.8) is 0 Å². The second-order valence-electron chi connectivity index (χ2n) is 6.39. The van der Waals surface area contributed by atoms with Gasteiger partial charge in [0.25, 0.3) is 0 Å². The van der Waals surface area contributed by atoms with E-state index in [1.54, 1.807) is 6.07 Å². The highest BCUT2D eigenvalue weighted by Gasteiger charge is 2.19. The smallest absolute Gasteiger partial charge is 0.316 e. The highest BCUT2D eigenvalue weighted by molar-refractivity contribution is 7.99. The molecule has 0 aliphatic heterocycles. The first-order chi connectivity index (χ1) is 15.0. The van der Waals surface area contributed by atoms with Gasteiger partial charge in [0.15, 0.2) is 17.6 Å². The molecule has 0 saturated carbocycles. The second kappa shape index (κ2) is 10.2. The van der Waals surface area contributed by atoms with Crippen molar-refractivity contribution < 1.29 is 14.3 Å². The molecule has 1 aromatic heterocycles. The van der Waals surface area contributed by atoms with Crippen molar-refractivity contribution in [3.8, 4) is 23.1 Å². The molecule has 3 rings (SSSR count). The fraction of sp³-hybridized carbons (Fsp3) is 0.136. The largest absolute Gasteiger partial charge is 0.457 e. The van der Waals surface area contributed by atoms with Crippen LogP contribution in [-0.2, 0) is 14.3 Å². The molecule has 156 valence electrons. The summed E-state index contributed by atoms with van der Waals surface area (Å²) in [7, 11) is 0. The molecule has 0 unspecified atom stereocenters. The van der Waals surface area contributed by atoms with E-state index in [4.69, 9.17) is 15.7 Å². The number of nitrogens with two attached hydrogens (primary N) is 1. The number of allylic oxidation sites excluding steroid dienone is 1. The van der Waals surface area contributed by atoms with Gasteiger partial charge in [-0.05, 0) is 19.1 Å². The number of ketones is 1. The Bertz CT molecular complexity index is 1150. The molecule has 0 atom stereocenters. The van der Waals surface area contributed by atoms with Crippen molar-refractivity contribution in [1.82, 2.24) is 14.8 Å².